The minimum Gasteiger partial charge on any atom is -0.492 e. The number of sulfonamides is 1. The van der Waals surface area contributed by atoms with Gasteiger partial charge < -0.3 is 10.1 Å². The van der Waals surface area contributed by atoms with Gasteiger partial charge in [-0.25, -0.2) is 12.7 Å². The van der Waals surface area contributed by atoms with Crippen molar-refractivity contribution in [1.29, 1.82) is 0 Å². The summed E-state index contributed by atoms with van der Waals surface area (Å²) < 4.78 is 31.1. The fourth-order valence-electron chi connectivity index (χ4n) is 2.46. The molecular formula is C19H24N2O4S. The molecule has 140 valence electrons. The number of carbonyl (C=O) groups is 1. The first-order chi connectivity index (χ1) is 12.2. The summed E-state index contributed by atoms with van der Waals surface area (Å²) in [6.07, 6.45) is 0. The van der Waals surface area contributed by atoms with Crippen molar-refractivity contribution < 1.29 is 17.9 Å². The lowest BCUT2D eigenvalue weighted by atomic mass is 10.1. The zero-order valence-electron chi connectivity index (χ0n) is 15.4. The number of ether oxygens (including phenoxy) is 1. The summed E-state index contributed by atoms with van der Waals surface area (Å²) in [5.74, 6) is 0.417. The maximum absolute atomic E-state index is 12.2. The second-order valence-corrected chi connectivity index (χ2v) is 8.39. The number of rotatable bonds is 7. The van der Waals surface area contributed by atoms with E-state index in [4.69, 9.17) is 4.74 Å². The quantitative estimate of drug-likeness (QED) is 0.753. The van der Waals surface area contributed by atoms with E-state index in [9.17, 15) is 13.2 Å². The van der Waals surface area contributed by atoms with Crippen molar-refractivity contribution in [2.24, 2.45) is 0 Å². The Morgan fingerprint density at radius 2 is 1.73 bits per heavy atom. The van der Waals surface area contributed by atoms with Crippen molar-refractivity contribution >= 4 is 15.9 Å². The molecule has 0 aliphatic heterocycles. The summed E-state index contributed by atoms with van der Waals surface area (Å²) in [5.41, 5.74) is 2.52. The highest BCUT2D eigenvalue weighted by Crippen LogP contribution is 2.16. The standard InChI is InChI=1S/C19H24N2O4S/c1-14-10-15(2)12-17(11-14)25-9-8-20-19(22)16-6-5-7-18(13-16)26(23,24)21(3)4/h5-7,10-13H,8-9H2,1-4H3,(H,20,22). The zero-order chi connectivity index (χ0) is 19.3. The lowest BCUT2D eigenvalue weighted by Crippen LogP contribution is -2.28. The summed E-state index contributed by atoms with van der Waals surface area (Å²) in [4.78, 5) is 12.3. The lowest BCUT2D eigenvalue weighted by Gasteiger charge is -2.12. The summed E-state index contributed by atoms with van der Waals surface area (Å²) >= 11 is 0. The van der Waals surface area contributed by atoms with Crippen LogP contribution in [-0.4, -0.2) is 45.9 Å². The van der Waals surface area contributed by atoms with Crippen molar-refractivity contribution in [1.82, 2.24) is 9.62 Å². The Bertz CT molecular complexity index is 872. The molecule has 2 rings (SSSR count). The largest absolute Gasteiger partial charge is 0.492 e. The average molecular weight is 376 g/mol. The molecule has 0 spiro atoms. The van der Waals surface area contributed by atoms with Gasteiger partial charge in [-0.1, -0.05) is 12.1 Å². The van der Waals surface area contributed by atoms with E-state index in [1.807, 2.05) is 26.0 Å². The lowest BCUT2D eigenvalue weighted by molar-refractivity contribution is 0.0946. The van der Waals surface area contributed by atoms with Gasteiger partial charge in [-0.3, -0.25) is 4.79 Å². The molecule has 0 atom stereocenters. The van der Waals surface area contributed by atoms with E-state index in [1.54, 1.807) is 12.1 Å². The summed E-state index contributed by atoms with van der Waals surface area (Å²) in [7, 11) is -0.672. The molecule has 0 aromatic heterocycles. The number of hydrogen-bond donors (Lipinski definition) is 1. The molecule has 0 saturated carbocycles. The Morgan fingerprint density at radius 3 is 2.35 bits per heavy atom. The first-order valence-corrected chi connectivity index (χ1v) is 9.66. The molecule has 1 amide bonds. The zero-order valence-corrected chi connectivity index (χ0v) is 16.3. The molecule has 26 heavy (non-hydrogen) atoms. The minimum absolute atomic E-state index is 0.0848. The van der Waals surface area contributed by atoms with Gasteiger partial charge in [0.1, 0.15) is 12.4 Å². The van der Waals surface area contributed by atoms with E-state index in [1.165, 1.54) is 26.2 Å². The molecule has 0 saturated heterocycles. The molecule has 0 fully saturated rings. The number of nitrogens with zero attached hydrogens (tertiary/aromatic N) is 1. The van der Waals surface area contributed by atoms with E-state index < -0.39 is 10.0 Å². The van der Waals surface area contributed by atoms with Crippen LogP contribution >= 0.6 is 0 Å². The fourth-order valence-corrected chi connectivity index (χ4v) is 3.41. The van der Waals surface area contributed by atoms with Crippen molar-refractivity contribution in [2.45, 2.75) is 18.7 Å². The molecule has 2 aromatic rings. The highest BCUT2D eigenvalue weighted by atomic mass is 32.2. The van der Waals surface area contributed by atoms with Crippen molar-refractivity contribution in [3.05, 3.63) is 59.2 Å². The van der Waals surface area contributed by atoms with Gasteiger partial charge >= 0.3 is 0 Å². The smallest absolute Gasteiger partial charge is 0.251 e. The van der Waals surface area contributed by atoms with Gasteiger partial charge in [-0.15, -0.1) is 0 Å². The van der Waals surface area contributed by atoms with Crippen LogP contribution in [0.4, 0.5) is 0 Å². The second-order valence-electron chi connectivity index (χ2n) is 6.24. The summed E-state index contributed by atoms with van der Waals surface area (Å²) in [6, 6.07) is 11.9. The fraction of sp³-hybridized carbons (Fsp3) is 0.316. The third-order valence-corrected chi connectivity index (χ3v) is 5.54. The van der Waals surface area contributed by atoms with Gasteiger partial charge in [0.15, 0.2) is 0 Å². The molecule has 0 aliphatic rings. The maximum Gasteiger partial charge on any atom is 0.251 e. The van der Waals surface area contributed by atoms with E-state index in [0.29, 0.717) is 18.7 Å². The topological polar surface area (TPSA) is 75.7 Å². The highest BCUT2D eigenvalue weighted by molar-refractivity contribution is 7.89. The Labute approximate surface area is 154 Å². The summed E-state index contributed by atoms with van der Waals surface area (Å²) in [5, 5.41) is 2.73. The number of amides is 1. The van der Waals surface area contributed by atoms with E-state index >= 15 is 0 Å². The minimum atomic E-state index is -3.57. The molecule has 2 aromatic carbocycles. The van der Waals surface area contributed by atoms with Crippen LogP contribution in [0, 0.1) is 13.8 Å². The molecule has 0 bridgehead atoms. The predicted molar refractivity (Wildman–Crippen MR) is 101 cm³/mol. The van der Waals surface area contributed by atoms with E-state index in [-0.39, 0.29) is 10.8 Å². The third kappa shape index (κ3) is 5.06. The maximum atomic E-state index is 12.2. The van der Waals surface area contributed by atoms with Crippen LogP contribution < -0.4 is 10.1 Å². The monoisotopic (exact) mass is 376 g/mol. The van der Waals surface area contributed by atoms with E-state index in [2.05, 4.69) is 11.4 Å². The average Bonchev–Trinajstić information content (AvgIpc) is 2.57. The number of carbonyl (C=O) groups excluding carboxylic acids is 1. The summed E-state index contributed by atoms with van der Waals surface area (Å²) in [6.45, 7) is 4.63. The van der Waals surface area contributed by atoms with Crippen molar-refractivity contribution in [3.8, 4) is 5.75 Å². The van der Waals surface area contributed by atoms with Crippen LogP contribution in [0.2, 0.25) is 0 Å². The first-order valence-electron chi connectivity index (χ1n) is 8.22. The SMILES string of the molecule is Cc1cc(C)cc(OCCNC(=O)c2cccc(S(=O)(=O)N(C)C)c2)c1. The first kappa shape index (κ1) is 19.9. The molecule has 0 heterocycles. The van der Waals surface area contributed by atoms with Crippen molar-refractivity contribution in [2.75, 3.05) is 27.2 Å². The van der Waals surface area contributed by atoms with E-state index in [0.717, 1.165) is 21.2 Å². The van der Waals surface area contributed by atoms with Crippen LogP contribution in [-0.2, 0) is 10.0 Å². The van der Waals surface area contributed by atoms with Gasteiger partial charge in [-0.05, 0) is 55.3 Å². The van der Waals surface area contributed by atoms with Gasteiger partial charge in [0.2, 0.25) is 10.0 Å². The van der Waals surface area contributed by atoms with Gasteiger partial charge in [0.05, 0.1) is 11.4 Å². The van der Waals surface area contributed by atoms with Crippen LogP contribution in [0.25, 0.3) is 0 Å². The van der Waals surface area contributed by atoms with Crippen molar-refractivity contribution in [3.63, 3.8) is 0 Å². The Kier molecular flexibility index (Phi) is 6.39. The third-order valence-electron chi connectivity index (χ3n) is 3.73. The molecule has 1 N–H and O–H groups in total. The van der Waals surface area contributed by atoms with Gasteiger partial charge in [-0.2, -0.15) is 0 Å². The second kappa shape index (κ2) is 8.33. The Hall–Kier alpha value is -2.38. The predicted octanol–water partition coefficient (Wildman–Crippen LogP) is 2.36. The van der Waals surface area contributed by atoms with Crippen LogP contribution in [0.1, 0.15) is 21.5 Å². The molecule has 0 aliphatic carbocycles. The number of aryl methyl sites for hydroxylation is 2. The molecular weight excluding hydrogens is 352 g/mol. The normalized spacial score (nSPS) is 11.4. The Morgan fingerprint density at radius 1 is 1.08 bits per heavy atom. The molecule has 7 heteroatoms. The number of hydrogen-bond acceptors (Lipinski definition) is 4. The van der Waals surface area contributed by atoms with Crippen LogP contribution in [0.15, 0.2) is 47.4 Å². The van der Waals surface area contributed by atoms with Gasteiger partial charge in [0, 0.05) is 19.7 Å². The van der Waals surface area contributed by atoms with Gasteiger partial charge in [0.25, 0.3) is 5.91 Å². The molecule has 6 nitrogen and oxygen atoms in total. The molecule has 0 radical (unpaired) electrons. The number of benzene rings is 2. The highest BCUT2D eigenvalue weighted by Gasteiger charge is 2.18. The van der Waals surface area contributed by atoms with Crippen LogP contribution in [0.5, 0.6) is 5.75 Å². The molecule has 0 unspecified atom stereocenters. The van der Waals surface area contributed by atoms with Crippen LogP contribution in [0.3, 0.4) is 0 Å². The Balaban J connectivity index is 1.94. The number of nitrogens with one attached hydrogen (secondary N) is 1.